The second-order valence-corrected chi connectivity index (χ2v) is 4.34. The van der Waals surface area contributed by atoms with E-state index in [0.29, 0.717) is 6.42 Å². The summed E-state index contributed by atoms with van der Waals surface area (Å²) in [6.07, 6.45) is 0.600. The molecule has 0 spiro atoms. The van der Waals surface area contributed by atoms with E-state index in [0.717, 1.165) is 4.90 Å². The van der Waals surface area contributed by atoms with Crippen LogP contribution in [0.15, 0.2) is 0 Å². The fourth-order valence-electron chi connectivity index (χ4n) is 1.73. The molecule has 2 unspecified atom stereocenters. The van der Waals surface area contributed by atoms with Crippen molar-refractivity contribution in [1.29, 1.82) is 0 Å². The maximum atomic E-state index is 11.8. The van der Waals surface area contributed by atoms with Crippen LogP contribution in [0.3, 0.4) is 0 Å². The van der Waals surface area contributed by atoms with Crippen LogP contribution in [-0.2, 0) is 14.4 Å². The molecule has 8 heteroatoms. The quantitative estimate of drug-likeness (QED) is 0.545. The van der Waals surface area contributed by atoms with Gasteiger partial charge in [-0.2, -0.15) is 0 Å². The van der Waals surface area contributed by atoms with E-state index in [1.807, 2.05) is 0 Å². The Balaban J connectivity index is 2.54. The van der Waals surface area contributed by atoms with Crippen LogP contribution in [0.25, 0.3) is 0 Å². The molecule has 0 radical (unpaired) electrons. The van der Waals surface area contributed by atoms with E-state index >= 15 is 0 Å². The van der Waals surface area contributed by atoms with Crippen molar-refractivity contribution >= 4 is 23.8 Å². The van der Waals surface area contributed by atoms with E-state index in [-0.39, 0.29) is 18.2 Å². The number of hydrogen-bond donors (Lipinski definition) is 3. The Morgan fingerprint density at radius 3 is 2.58 bits per heavy atom. The van der Waals surface area contributed by atoms with Gasteiger partial charge in [-0.15, -0.1) is 0 Å². The van der Waals surface area contributed by atoms with E-state index in [1.165, 1.54) is 14.1 Å². The Kier molecular flexibility index (Phi) is 4.99. The molecule has 8 nitrogen and oxygen atoms in total. The van der Waals surface area contributed by atoms with Crippen molar-refractivity contribution in [3.8, 4) is 0 Å². The highest BCUT2D eigenvalue weighted by Gasteiger charge is 2.33. The van der Waals surface area contributed by atoms with E-state index in [4.69, 9.17) is 0 Å². The highest BCUT2D eigenvalue weighted by molar-refractivity contribution is 6.01. The maximum Gasteiger partial charge on any atom is 0.321 e. The lowest BCUT2D eigenvalue weighted by atomic mass is 10.0. The summed E-state index contributed by atoms with van der Waals surface area (Å²) in [6, 6.07) is -1.91. The number of carbonyl (C=O) groups is 4. The van der Waals surface area contributed by atoms with Crippen molar-refractivity contribution < 1.29 is 19.2 Å². The van der Waals surface area contributed by atoms with Gasteiger partial charge in [0.15, 0.2) is 0 Å². The fourth-order valence-corrected chi connectivity index (χ4v) is 1.73. The van der Waals surface area contributed by atoms with Crippen LogP contribution in [-0.4, -0.2) is 54.8 Å². The molecule has 1 rings (SSSR count). The average Bonchev–Trinajstić information content (AvgIpc) is 2.39. The summed E-state index contributed by atoms with van der Waals surface area (Å²) in [5.74, 6) is -1.13. The van der Waals surface area contributed by atoms with Gasteiger partial charge in [-0.3, -0.25) is 29.9 Å². The van der Waals surface area contributed by atoms with Gasteiger partial charge in [-0.05, 0) is 13.3 Å². The average molecular weight is 270 g/mol. The van der Waals surface area contributed by atoms with Crippen LogP contribution < -0.4 is 16.0 Å². The number of rotatable bonds is 3. The molecular formula is C11H18N4O4. The topological polar surface area (TPSA) is 108 Å². The number of nitrogens with zero attached hydrogens (tertiary/aromatic N) is 1. The molecule has 0 bridgehead atoms. The summed E-state index contributed by atoms with van der Waals surface area (Å²) in [7, 11) is 2.81. The standard InChI is InChI=1S/C11H18N4O4/c1-6(9(17)14-11(19)12-2)13-7-4-5-8(16)15(3)10(7)18/h6-7,13H,4-5H2,1-3H3,(H2,12,14,17,19). The number of likely N-dealkylation sites (N-methyl/N-ethyl adjacent to an activating group) is 1. The van der Waals surface area contributed by atoms with Crippen molar-refractivity contribution in [1.82, 2.24) is 20.9 Å². The molecule has 106 valence electrons. The van der Waals surface area contributed by atoms with E-state index in [1.54, 1.807) is 6.92 Å². The van der Waals surface area contributed by atoms with E-state index in [2.05, 4.69) is 16.0 Å². The molecule has 2 atom stereocenters. The Hall–Kier alpha value is -1.96. The van der Waals surface area contributed by atoms with Gasteiger partial charge < -0.3 is 5.32 Å². The Bertz CT molecular complexity index is 409. The van der Waals surface area contributed by atoms with Crippen LogP contribution >= 0.6 is 0 Å². The molecule has 19 heavy (non-hydrogen) atoms. The van der Waals surface area contributed by atoms with E-state index in [9.17, 15) is 19.2 Å². The largest absolute Gasteiger partial charge is 0.341 e. The lowest BCUT2D eigenvalue weighted by Crippen LogP contribution is -2.57. The molecule has 0 aromatic heterocycles. The summed E-state index contributed by atoms with van der Waals surface area (Å²) in [4.78, 5) is 46.7. The number of urea groups is 1. The fraction of sp³-hybridized carbons (Fsp3) is 0.636. The third-order valence-corrected chi connectivity index (χ3v) is 2.96. The third kappa shape index (κ3) is 3.75. The van der Waals surface area contributed by atoms with Gasteiger partial charge in [0.1, 0.15) is 0 Å². The summed E-state index contributed by atoms with van der Waals surface area (Å²) >= 11 is 0. The first-order valence-corrected chi connectivity index (χ1v) is 5.95. The minimum atomic E-state index is -0.715. The summed E-state index contributed by atoms with van der Waals surface area (Å²) < 4.78 is 0. The van der Waals surface area contributed by atoms with Crippen molar-refractivity contribution in [2.24, 2.45) is 0 Å². The molecule has 1 fully saturated rings. The number of hydrogen-bond acceptors (Lipinski definition) is 5. The van der Waals surface area contributed by atoms with E-state index < -0.39 is 24.0 Å². The molecule has 1 saturated heterocycles. The molecular weight excluding hydrogens is 252 g/mol. The van der Waals surface area contributed by atoms with Crippen LogP contribution in [0.1, 0.15) is 19.8 Å². The lowest BCUT2D eigenvalue weighted by Gasteiger charge is -2.29. The SMILES string of the molecule is CNC(=O)NC(=O)C(C)NC1CCC(=O)N(C)C1=O. The summed E-state index contributed by atoms with van der Waals surface area (Å²) in [5.41, 5.74) is 0. The zero-order chi connectivity index (χ0) is 14.6. The molecule has 0 aliphatic carbocycles. The van der Waals surface area contributed by atoms with Gasteiger partial charge in [-0.25, -0.2) is 4.79 Å². The van der Waals surface area contributed by atoms with Crippen molar-refractivity contribution in [3.05, 3.63) is 0 Å². The van der Waals surface area contributed by atoms with Crippen LogP contribution in [0.2, 0.25) is 0 Å². The lowest BCUT2D eigenvalue weighted by molar-refractivity contribution is -0.148. The molecule has 0 aromatic rings. The molecule has 0 saturated carbocycles. The summed E-state index contributed by atoms with van der Waals surface area (Å²) in [5, 5.41) is 7.18. The smallest absolute Gasteiger partial charge is 0.321 e. The molecule has 1 aliphatic rings. The Morgan fingerprint density at radius 2 is 2.00 bits per heavy atom. The summed E-state index contributed by atoms with van der Waals surface area (Å²) in [6.45, 7) is 1.54. The normalized spacial score (nSPS) is 21.0. The van der Waals surface area contributed by atoms with Crippen molar-refractivity contribution in [2.45, 2.75) is 31.8 Å². The van der Waals surface area contributed by atoms with Crippen molar-refractivity contribution in [2.75, 3.05) is 14.1 Å². The molecule has 3 N–H and O–H groups in total. The number of nitrogens with one attached hydrogen (secondary N) is 3. The van der Waals surface area contributed by atoms with Crippen LogP contribution in [0.4, 0.5) is 4.79 Å². The minimum absolute atomic E-state index is 0.231. The van der Waals surface area contributed by atoms with Crippen molar-refractivity contribution in [3.63, 3.8) is 0 Å². The first-order valence-electron chi connectivity index (χ1n) is 5.95. The minimum Gasteiger partial charge on any atom is -0.341 e. The second kappa shape index (κ2) is 6.28. The number of imide groups is 2. The zero-order valence-corrected chi connectivity index (χ0v) is 11.1. The van der Waals surface area contributed by atoms with Gasteiger partial charge in [0, 0.05) is 20.5 Å². The Labute approximate surface area is 110 Å². The first kappa shape index (κ1) is 15.1. The number of amides is 5. The van der Waals surface area contributed by atoms with Gasteiger partial charge in [0.05, 0.1) is 12.1 Å². The third-order valence-electron chi connectivity index (χ3n) is 2.96. The predicted molar refractivity (Wildman–Crippen MR) is 66.0 cm³/mol. The first-order chi connectivity index (χ1) is 8.86. The zero-order valence-electron chi connectivity index (χ0n) is 11.1. The monoisotopic (exact) mass is 270 g/mol. The highest BCUT2D eigenvalue weighted by atomic mass is 16.2. The molecule has 1 heterocycles. The molecule has 0 aromatic carbocycles. The number of piperidine rings is 1. The van der Waals surface area contributed by atoms with Gasteiger partial charge in [-0.1, -0.05) is 0 Å². The van der Waals surface area contributed by atoms with Crippen LogP contribution in [0.5, 0.6) is 0 Å². The van der Waals surface area contributed by atoms with Gasteiger partial charge in [0.2, 0.25) is 17.7 Å². The van der Waals surface area contributed by atoms with Gasteiger partial charge >= 0.3 is 6.03 Å². The number of carbonyl (C=O) groups excluding carboxylic acids is 4. The van der Waals surface area contributed by atoms with Gasteiger partial charge in [0.25, 0.3) is 0 Å². The molecule has 1 aliphatic heterocycles. The van der Waals surface area contributed by atoms with Crippen LogP contribution in [0, 0.1) is 0 Å². The second-order valence-electron chi connectivity index (χ2n) is 4.34. The maximum absolute atomic E-state index is 11.8. The molecule has 5 amide bonds. The highest BCUT2D eigenvalue weighted by Crippen LogP contribution is 2.11. The predicted octanol–water partition coefficient (Wildman–Crippen LogP) is -1.43. The Morgan fingerprint density at radius 1 is 1.37 bits per heavy atom. The number of likely N-dealkylation sites (tertiary alicyclic amines) is 1.